The van der Waals surface area contributed by atoms with Gasteiger partial charge in [0, 0.05) is 12.8 Å². The van der Waals surface area contributed by atoms with E-state index in [1.54, 1.807) is 0 Å². The van der Waals surface area contributed by atoms with Crippen molar-refractivity contribution in [2.45, 2.75) is 56.7 Å². The molecule has 0 saturated carbocycles. The van der Waals surface area contributed by atoms with Gasteiger partial charge in [-0.1, -0.05) is 0 Å². The summed E-state index contributed by atoms with van der Waals surface area (Å²) in [6.45, 7) is 16.1. The molecule has 0 aromatic heterocycles. The molecule has 0 radical (unpaired) electrons. The Morgan fingerprint density at radius 2 is 1.62 bits per heavy atom. The molecule has 0 aromatic carbocycles. The number of nitriles is 1. The molecule has 5 heteroatoms. The first kappa shape index (κ1) is 13.4. The van der Waals surface area contributed by atoms with Crippen molar-refractivity contribution < 1.29 is 4.12 Å². The van der Waals surface area contributed by atoms with Gasteiger partial charge in [0.15, 0.2) is 22.7 Å². The van der Waals surface area contributed by atoms with E-state index in [-0.39, 0.29) is 0 Å². The summed E-state index contributed by atoms with van der Waals surface area (Å²) >= 11 is 0. The van der Waals surface area contributed by atoms with E-state index >= 15 is 0 Å². The lowest BCUT2D eigenvalue weighted by Gasteiger charge is -2.37. The van der Waals surface area contributed by atoms with E-state index in [9.17, 15) is 5.26 Å². The number of hydrogen-bond donors (Lipinski definition) is 0. The maximum Gasteiger partial charge on any atom is 0.315 e. The monoisotopic (exact) mass is 252 g/mol. The first-order chi connectivity index (χ1) is 7.24. The normalized spacial score (nSPS) is 26.9. The largest absolute Gasteiger partial charge is 0.455 e. The van der Waals surface area contributed by atoms with Crippen LogP contribution in [0.3, 0.4) is 0 Å². The summed E-state index contributed by atoms with van der Waals surface area (Å²) in [7, 11) is -3.33. The van der Waals surface area contributed by atoms with Crippen molar-refractivity contribution in [3.05, 3.63) is 11.4 Å². The fourth-order valence-electron chi connectivity index (χ4n) is 2.24. The Balaban J connectivity index is 2.95. The van der Waals surface area contributed by atoms with Gasteiger partial charge in [0.1, 0.15) is 0 Å². The third kappa shape index (κ3) is 3.18. The second kappa shape index (κ2) is 4.33. The minimum atomic E-state index is -1.66. The number of rotatable bonds is 0. The predicted octanol–water partition coefficient (Wildman–Crippen LogP) is 3.39. The van der Waals surface area contributed by atoms with Gasteiger partial charge >= 0.3 is 5.54 Å². The van der Waals surface area contributed by atoms with E-state index in [2.05, 4.69) is 37.1 Å². The molecular formula is C11H20N2OSi2. The summed E-state index contributed by atoms with van der Waals surface area (Å²) in [5.41, 5.74) is -0.766. The Hall–Kier alpha value is -0.626. The molecule has 3 nitrogen and oxygen atoms in total. The Morgan fingerprint density at radius 1 is 1.19 bits per heavy atom. The average molecular weight is 252 g/mol. The molecule has 1 saturated heterocycles. The fraction of sp³-hybridized carbons (Fsp3) is 0.818. The number of hydrogen-bond acceptors (Lipinski definition) is 2. The zero-order valence-corrected chi connectivity index (χ0v) is 12.6. The van der Waals surface area contributed by atoms with Crippen molar-refractivity contribution in [1.29, 1.82) is 5.26 Å². The van der Waals surface area contributed by atoms with Gasteiger partial charge in [0.05, 0.1) is 0 Å². The SMILES string of the molecule is [C-]#[N+]C1(C#N)CC[Si](C)(C)O[Si](C)(C)CC1. The van der Waals surface area contributed by atoms with Crippen LogP contribution in [0.1, 0.15) is 12.8 Å². The summed E-state index contributed by atoms with van der Waals surface area (Å²) in [5.74, 6) is 0. The van der Waals surface area contributed by atoms with Crippen LogP contribution in [-0.2, 0) is 4.12 Å². The summed E-state index contributed by atoms with van der Waals surface area (Å²) in [6.07, 6.45) is 1.38. The lowest BCUT2D eigenvalue weighted by atomic mass is 9.96. The third-order valence-electron chi connectivity index (χ3n) is 3.26. The van der Waals surface area contributed by atoms with Gasteiger partial charge in [-0.15, -0.1) is 0 Å². The van der Waals surface area contributed by atoms with Crippen LogP contribution in [0.4, 0.5) is 0 Å². The van der Waals surface area contributed by atoms with Crippen molar-refractivity contribution in [3.8, 4) is 6.07 Å². The molecular weight excluding hydrogens is 232 g/mol. The van der Waals surface area contributed by atoms with Crippen LogP contribution in [0.2, 0.25) is 38.3 Å². The van der Waals surface area contributed by atoms with E-state index in [4.69, 9.17) is 10.7 Å². The first-order valence-corrected chi connectivity index (χ1v) is 12.0. The zero-order chi connectivity index (χ0) is 12.4. The molecule has 0 unspecified atom stereocenters. The summed E-state index contributed by atoms with van der Waals surface area (Å²) in [5, 5.41) is 9.23. The topological polar surface area (TPSA) is 37.4 Å². The molecule has 1 aliphatic heterocycles. The Bertz CT molecular complexity index is 318. The highest BCUT2D eigenvalue weighted by molar-refractivity contribution is 6.84. The first-order valence-electron chi connectivity index (χ1n) is 5.74. The van der Waals surface area contributed by atoms with Crippen molar-refractivity contribution >= 4 is 16.6 Å². The number of nitrogens with zero attached hydrogens (tertiary/aromatic N) is 2. The summed E-state index contributed by atoms with van der Waals surface area (Å²) < 4.78 is 6.31. The van der Waals surface area contributed by atoms with Gasteiger partial charge in [-0.2, -0.15) is 5.26 Å². The van der Waals surface area contributed by atoms with Crippen LogP contribution >= 0.6 is 0 Å². The average Bonchev–Trinajstić information content (AvgIpc) is 2.16. The van der Waals surface area contributed by atoms with Crippen molar-refractivity contribution in [1.82, 2.24) is 0 Å². The molecule has 0 atom stereocenters. The van der Waals surface area contributed by atoms with Crippen LogP contribution in [0.15, 0.2) is 0 Å². The van der Waals surface area contributed by atoms with Gasteiger partial charge in [-0.05, 0) is 38.3 Å². The van der Waals surface area contributed by atoms with Crippen LogP contribution < -0.4 is 0 Å². The van der Waals surface area contributed by atoms with Crippen molar-refractivity contribution in [2.24, 2.45) is 0 Å². The smallest absolute Gasteiger partial charge is 0.315 e. The molecule has 0 aromatic rings. The molecule has 0 aliphatic carbocycles. The molecule has 1 rings (SSSR count). The highest BCUT2D eigenvalue weighted by Crippen LogP contribution is 2.35. The maximum absolute atomic E-state index is 9.23. The minimum Gasteiger partial charge on any atom is -0.455 e. The maximum atomic E-state index is 9.23. The van der Waals surface area contributed by atoms with E-state index in [1.807, 2.05) is 0 Å². The lowest BCUT2D eigenvalue weighted by molar-refractivity contribution is 0.475. The van der Waals surface area contributed by atoms with Crippen molar-refractivity contribution in [3.63, 3.8) is 0 Å². The summed E-state index contributed by atoms with van der Waals surface area (Å²) in [6, 6.07) is 4.10. The quantitative estimate of drug-likeness (QED) is 0.489. The molecule has 0 amide bonds. The van der Waals surface area contributed by atoms with Gasteiger partial charge in [0.25, 0.3) is 0 Å². The van der Waals surface area contributed by atoms with Crippen molar-refractivity contribution in [2.75, 3.05) is 0 Å². The summed E-state index contributed by atoms with van der Waals surface area (Å²) in [4.78, 5) is 3.61. The van der Waals surface area contributed by atoms with E-state index in [1.165, 1.54) is 0 Å². The van der Waals surface area contributed by atoms with E-state index in [0.29, 0.717) is 12.8 Å². The molecule has 1 aliphatic rings. The second-order valence-electron chi connectivity index (χ2n) is 5.88. The van der Waals surface area contributed by atoms with E-state index < -0.39 is 22.2 Å². The van der Waals surface area contributed by atoms with Gasteiger partial charge in [0.2, 0.25) is 0 Å². The Morgan fingerprint density at radius 3 is 1.94 bits per heavy atom. The molecule has 1 heterocycles. The van der Waals surface area contributed by atoms with Crippen LogP contribution in [0, 0.1) is 17.9 Å². The fourth-order valence-corrected chi connectivity index (χ4v) is 11.1. The van der Waals surface area contributed by atoms with Gasteiger partial charge in [-0.25, -0.2) is 6.57 Å². The third-order valence-corrected chi connectivity index (χ3v) is 10.6. The zero-order valence-electron chi connectivity index (χ0n) is 10.6. The second-order valence-corrected chi connectivity index (χ2v) is 14.7. The van der Waals surface area contributed by atoms with Crippen LogP contribution in [-0.4, -0.2) is 22.2 Å². The lowest BCUT2D eigenvalue weighted by Crippen LogP contribution is -2.48. The standard InChI is InChI=1S/C11H20N2OSi2/c1-13-11(10-12)6-8-15(2,3)14-16(4,5)9-7-11/h6-9H2,2-5H3. The van der Waals surface area contributed by atoms with Crippen LogP contribution in [0.25, 0.3) is 4.85 Å². The highest BCUT2D eigenvalue weighted by Gasteiger charge is 2.45. The molecule has 0 bridgehead atoms. The molecule has 16 heavy (non-hydrogen) atoms. The Kier molecular flexibility index (Phi) is 3.63. The van der Waals surface area contributed by atoms with Gasteiger partial charge < -0.3 is 4.12 Å². The Labute approximate surface area is 101 Å². The minimum absolute atomic E-state index is 0.691. The molecule has 88 valence electrons. The van der Waals surface area contributed by atoms with E-state index in [0.717, 1.165) is 12.1 Å². The van der Waals surface area contributed by atoms with Gasteiger partial charge in [-0.3, -0.25) is 4.85 Å². The predicted molar refractivity (Wildman–Crippen MR) is 69.8 cm³/mol. The molecule has 0 N–H and O–H groups in total. The van der Waals surface area contributed by atoms with Crippen LogP contribution in [0.5, 0.6) is 0 Å². The highest BCUT2D eigenvalue weighted by atomic mass is 28.4. The molecule has 0 spiro atoms. The molecule has 1 fully saturated rings.